The van der Waals surface area contributed by atoms with Gasteiger partial charge in [0.15, 0.2) is 0 Å². The highest BCUT2D eigenvalue weighted by Crippen LogP contribution is 2.28. The number of amides is 2. The molecule has 0 bridgehead atoms. The predicted octanol–water partition coefficient (Wildman–Crippen LogP) is 2.74. The van der Waals surface area contributed by atoms with Crippen molar-refractivity contribution in [1.82, 2.24) is 5.32 Å². The summed E-state index contributed by atoms with van der Waals surface area (Å²) in [6.07, 6.45) is 1.03. The molecule has 4 nitrogen and oxygen atoms in total. The molecule has 1 atom stereocenters. The van der Waals surface area contributed by atoms with Crippen molar-refractivity contribution in [1.29, 1.82) is 0 Å². The van der Waals surface area contributed by atoms with Crippen molar-refractivity contribution >= 4 is 28.8 Å². The predicted molar refractivity (Wildman–Crippen MR) is 87.9 cm³/mol. The van der Waals surface area contributed by atoms with Gasteiger partial charge in [0.1, 0.15) is 17.6 Å². The fourth-order valence-corrected chi connectivity index (χ4v) is 3.46. The number of rotatable bonds is 5. The average molecular weight is 350 g/mol. The van der Waals surface area contributed by atoms with Crippen LogP contribution in [-0.4, -0.2) is 24.9 Å². The van der Waals surface area contributed by atoms with E-state index in [2.05, 4.69) is 5.32 Å². The van der Waals surface area contributed by atoms with Gasteiger partial charge in [0.2, 0.25) is 11.8 Å². The van der Waals surface area contributed by atoms with Crippen LogP contribution in [-0.2, 0) is 16.0 Å². The third kappa shape index (κ3) is 3.46. The number of thiophene rings is 1. The number of carbonyl (C=O) groups is 2. The van der Waals surface area contributed by atoms with Crippen molar-refractivity contribution in [2.24, 2.45) is 5.92 Å². The first-order chi connectivity index (χ1) is 11.6. The lowest BCUT2D eigenvalue weighted by Gasteiger charge is -2.17. The van der Waals surface area contributed by atoms with Gasteiger partial charge in [-0.15, -0.1) is 11.3 Å². The minimum atomic E-state index is -0.821. The van der Waals surface area contributed by atoms with Crippen LogP contribution in [0.3, 0.4) is 0 Å². The molecule has 1 saturated heterocycles. The van der Waals surface area contributed by atoms with Gasteiger partial charge in [-0.05, 0) is 36.4 Å². The zero-order valence-corrected chi connectivity index (χ0v) is 13.6. The van der Waals surface area contributed by atoms with E-state index in [1.54, 1.807) is 11.3 Å². The van der Waals surface area contributed by atoms with E-state index in [1.807, 2.05) is 17.5 Å². The number of halogens is 2. The number of carbonyl (C=O) groups excluding carboxylic acids is 2. The van der Waals surface area contributed by atoms with E-state index in [9.17, 15) is 18.4 Å². The van der Waals surface area contributed by atoms with Gasteiger partial charge in [0.05, 0.1) is 5.69 Å². The topological polar surface area (TPSA) is 49.4 Å². The van der Waals surface area contributed by atoms with E-state index in [0.717, 1.165) is 17.0 Å². The van der Waals surface area contributed by atoms with Crippen molar-refractivity contribution in [2.45, 2.75) is 12.8 Å². The molecule has 3 rings (SSSR count). The van der Waals surface area contributed by atoms with Crippen LogP contribution in [0.25, 0.3) is 0 Å². The van der Waals surface area contributed by atoms with Crippen molar-refractivity contribution in [2.75, 3.05) is 18.0 Å². The Kier molecular flexibility index (Phi) is 4.89. The van der Waals surface area contributed by atoms with Crippen LogP contribution >= 0.6 is 11.3 Å². The standard InChI is InChI=1S/C17H16F2N2O2S/c18-11-3-4-15(14(19)10-11)21-8-6-13(17(21)23)16(22)20-7-5-12-2-1-9-24-12/h1-4,9-10,13H,5-8H2,(H,20,22). The molecule has 1 aliphatic rings. The molecule has 1 aromatic carbocycles. The Morgan fingerprint density at radius 1 is 1.33 bits per heavy atom. The number of benzene rings is 1. The largest absolute Gasteiger partial charge is 0.355 e. The zero-order valence-electron chi connectivity index (χ0n) is 12.8. The lowest BCUT2D eigenvalue weighted by molar-refractivity contribution is -0.132. The molecular formula is C17H16F2N2O2S. The van der Waals surface area contributed by atoms with Crippen molar-refractivity contribution < 1.29 is 18.4 Å². The van der Waals surface area contributed by atoms with Gasteiger partial charge < -0.3 is 10.2 Å². The molecule has 2 heterocycles. The third-order valence-corrected chi connectivity index (χ3v) is 4.91. The van der Waals surface area contributed by atoms with E-state index < -0.39 is 23.5 Å². The van der Waals surface area contributed by atoms with E-state index >= 15 is 0 Å². The van der Waals surface area contributed by atoms with Gasteiger partial charge in [-0.1, -0.05) is 6.07 Å². The van der Waals surface area contributed by atoms with Gasteiger partial charge in [0, 0.05) is 24.0 Å². The van der Waals surface area contributed by atoms with Gasteiger partial charge in [0.25, 0.3) is 0 Å². The quantitative estimate of drug-likeness (QED) is 0.843. The fourth-order valence-electron chi connectivity index (χ4n) is 2.75. The summed E-state index contributed by atoms with van der Waals surface area (Å²) in [5.74, 6) is -3.12. The Morgan fingerprint density at radius 3 is 2.88 bits per heavy atom. The first-order valence-corrected chi connectivity index (χ1v) is 8.51. The second-order valence-electron chi connectivity index (χ2n) is 5.55. The Morgan fingerprint density at radius 2 is 2.17 bits per heavy atom. The summed E-state index contributed by atoms with van der Waals surface area (Å²) in [5.41, 5.74) is 0.00952. The summed E-state index contributed by atoms with van der Waals surface area (Å²) < 4.78 is 26.8. The van der Waals surface area contributed by atoms with Crippen LogP contribution in [0.2, 0.25) is 0 Å². The molecular weight excluding hydrogens is 334 g/mol. The van der Waals surface area contributed by atoms with Crippen LogP contribution < -0.4 is 10.2 Å². The second kappa shape index (κ2) is 7.09. The molecule has 2 amide bonds. The van der Waals surface area contributed by atoms with E-state index in [1.165, 1.54) is 11.0 Å². The maximum absolute atomic E-state index is 13.8. The molecule has 1 aliphatic heterocycles. The van der Waals surface area contributed by atoms with E-state index in [0.29, 0.717) is 19.4 Å². The molecule has 1 aromatic heterocycles. The number of hydrogen-bond acceptors (Lipinski definition) is 3. The molecule has 0 spiro atoms. The highest BCUT2D eigenvalue weighted by molar-refractivity contribution is 7.09. The van der Waals surface area contributed by atoms with Gasteiger partial charge in [-0.3, -0.25) is 9.59 Å². The first kappa shape index (κ1) is 16.6. The van der Waals surface area contributed by atoms with Crippen LogP contribution in [0.5, 0.6) is 0 Å². The van der Waals surface area contributed by atoms with Gasteiger partial charge in [-0.25, -0.2) is 8.78 Å². The van der Waals surface area contributed by atoms with Crippen molar-refractivity contribution in [3.63, 3.8) is 0 Å². The van der Waals surface area contributed by atoms with Crippen LogP contribution in [0, 0.1) is 17.6 Å². The summed E-state index contributed by atoms with van der Waals surface area (Å²) in [6.45, 7) is 0.693. The maximum Gasteiger partial charge on any atom is 0.239 e. The highest BCUT2D eigenvalue weighted by Gasteiger charge is 2.38. The van der Waals surface area contributed by atoms with Crippen LogP contribution in [0.4, 0.5) is 14.5 Å². The van der Waals surface area contributed by atoms with Crippen molar-refractivity contribution in [3.05, 3.63) is 52.2 Å². The zero-order chi connectivity index (χ0) is 17.1. The molecule has 1 fully saturated rings. The summed E-state index contributed by atoms with van der Waals surface area (Å²) >= 11 is 1.61. The number of nitrogens with one attached hydrogen (secondary N) is 1. The molecule has 0 aliphatic carbocycles. The van der Waals surface area contributed by atoms with Gasteiger partial charge in [-0.2, -0.15) is 0 Å². The highest BCUT2D eigenvalue weighted by atomic mass is 32.1. The summed E-state index contributed by atoms with van der Waals surface area (Å²) in [7, 11) is 0. The molecule has 24 heavy (non-hydrogen) atoms. The first-order valence-electron chi connectivity index (χ1n) is 7.63. The summed E-state index contributed by atoms with van der Waals surface area (Å²) in [4.78, 5) is 26.9. The number of anilines is 1. The monoisotopic (exact) mass is 350 g/mol. The Labute approximate surface area is 142 Å². The minimum absolute atomic E-state index is 0.00952. The fraction of sp³-hybridized carbons (Fsp3) is 0.294. The van der Waals surface area contributed by atoms with E-state index in [-0.39, 0.29) is 18.1 Å². The Bertz CT molecular complexity index is 749. The van der Waals surface area contributed by atoms with Gasteiger partial charge >= 0.3 is 0 Å². The minimum Gasteiger partial charge on any atom is -0.355 e. The van der Waals surface area contributed by atoms with Crippen LogP contribution in [0.15, 0.2) is 35.7 Å². The Hall–Kier alpha value is -2.28. The molecule has 1 unspecified atom stereocenters. The molecule has 0 saturated carbocycles. The molecule has 1 N–H and O–H groups in total. The normalized spacial score (nSPS) is 17.3. The summed E-state index contributed by atoms with van der Waals surface area (Å²) in [6, 6.07) is 6.98. The lowest BCUT2D eigenvalue weighted by Crippen LogP contribution is -2.37. The molecule has 0 radical (unpaired) electrons. The Balaban J connectivity index is 1.59. The SMILES string of the molecule is O=C(NCCc1cccs1)C1CCN(c2ccc(F)cc2F)C1=O. The maximum atomic E-state index is 13.8. The number of hydrogen-bond donors (Lipinski definition) is 1. The number of nitrogens with zero attached hydrogens (tertiary/aromatic N) is 1. The second-order valence-corrected chi connectivity index (χ2v) is 6.58. The summed E-state index contributed by atoms with van der Waals surface area (Å²) in [5, 5.41) is 4.72. The lowest BCUT2D eigenvalue weighted by atomic mass is 10.1. The van der Waals surface area contributed by atoms with E-state index in [4.69, 9.17) is 0 Å². The molecule has 126 valence electrons. The smallest absolute Gasteiger partial charge is 0.239 e. The molecule has 7 heteroatoms. The average Bonchev–Trinajstić information content (AvgIpc) is 3.17. The molecule has 2 aromatic rings. The third-order valence-electron chi connectivity index (χ3n) is 3.97. The van der Waals surface area contributed by atoms with Crippen LogP contribution in [0.1, 0.15) is 11.3 Å². The van der Waals surface area contributed by atoms with Crippen molar-refractivity contribution in [3.8, 4) is 0 Å².